The number of hydrogen-bond donors (Lipinski definition) is 3. The molecule has 126 valence electrons. The number of rotatable bonds is 4. The largest absolute Gasteiger partial charge is 0.481 e. The zero-order valence-electron chi connectivity index (χ0n) is 13.4. The van der Waals surface area contributed by atoms with E-state index in [0.29, 0.717) is 6.42 Å². The number of allylic oxidation sites excluding steroid dienone is 2. The molecule has 1 saturated carbocycles. The predicted octanol–water partition coefficient (Wildman–Crippen LogP) is 1.29. The minimum absolute atomic E-state index is 0.0953. The van der Waals surface area contributed by atoms with Crippen LogP contribution in [0.3, 0.4) is 0 Å². The van der Waals surface area contributed by atoms with E-state index in [1.54, 1.807) is 6.92 Å². The number of carboxylic acids is 1. The monoisotopic (exact) mass is 328 g/mol. The number of aliphatic carboxylic acids is 1. The molecule has 6 nitrogen and oxygen atoms in total. The fraction of sp³-hybridized carbons (Fsp3) is 0.389. The summed E-state index contributed by atoms with van der Waals surface area (Å²) in [7, 11) is 0. The lowest BCUT2D eigenvalue weighted by Gasteiger charge is -2.33. The lowest BCUT2D eigenvalue weighted by atomic mass is 9.69. The van der Waals surface area contributed by atoms with Crippen molar-refractivity contribution in [3.63, 3.8) is 0 Å². The van der Waals surface area contributed by atoms with E-state index in [0.717, 1.165) is 5.56 Å². The van der Waals surface area contributed by atoms with Crippen molar-refractivity contribution in [2.75, 3.05) is 0 Å². The van der Waals surface area contributed by atoms with Crippen LogP contribution in [0.2, 0.25) is 0 Å². The molecule has 1 fully saturated rings. The molecular formula is C18H20N2O4. The Balaban J connectivity index is 1.62. The fourth-order valence-corrected chi connectivity index (χ4v) is 3.89. The molecule has 2 aliphatic carbocycles. The first-order chi connectivity index (χ1) is 11.4. The van der Waals surface area contributed by atoms with Crippen LogP contribution in [0.25, 0.3) is 0 Å². The Hall–Kier alpha value is -2.63. The van der Waals surface area contributed by atoms with Crippen molar-refractivity contribution in [1.82, 2.24) is 10.9 Å². The van der Waals surface area contributed by atoms with Gasteiger partial charge in [0.15, 0.2) is 0 Å². The van der Waals surface area contributed by atoms with E-state index >= 15 is 0 Å². The van der Waals surface area contributed by atoms with Crippen molar-refractivity contribution in [3.05, 3.63) is 48.0 Å². The average molecular weight is 328 g/mol. The number of carbonyl (C=O) groups is 3. The fourth-order valence-electron chi connectivity index (χ4n) is 3.89. The molecule has 2 bridgehead atoms. The lowest BCUT2D eigenvalue weighted by molar-refractivity contribution is -0.156. The smallest absolute Gasteiger partial charge is 0.310 e. The van der Waals surface area contributed by atoms with Gasteiger partial charge in [0.1, 0.15) is 0 Å². The molecule has 0 heterocycles. The van der Waals surface area contributed by atoms with Gasteiger partial charge < -0.3 is 5.11 Å². The number of nitrogens with one attached hydrogen (secondary N) is 2. The molecule has 6 heteroatoms. The normalized spacial score (nSPS) is 30.1. The molecule has 2 amide bonds. The van der Waals surface area contributed by atoms with Gasteiger partial charge in [-0.05, 0) is 30.7 Å². The summed E-state index contributed by atoms with van der Waals surface area (Å²) in [6.45, 7) is 1.61. The van der Waals surface area contributed by atoms with Crippen LogP contribution >= 0.6 is 0 Å². The van der Waals surface area contributed by atoms with Crippen molar-refractivity contribution in [3.8, 4) is 0 Å². The number of carbonyl (C=O) groups excluding carboxylic acids is 2. The van der Waals surface area contributed by atoms with Gasteiger partial charge in [-0.1, -0.05) is 42.5 Å². The molecule has 0 unspecified atom stereocenters. The van der Waals surface area contributed by atoms with Crippen LogP contribution in [0.4, 0.5) is 0 Å². The molecule has 3 N–H and O–H groups in total. The summed E-state index contributed by atoms with van der Waals surface area (Å²) in [5.41, 5.74) is 4.50. The quantitative estimate of drug-likeness (QED) is 0.573. The molecular weight excluding hydrogens is 308 g/mol. The standard InChI is InChI=1S/C18H20N2O4/c1-18(17(23)24)13-8-7-12(10-13)15(18)16(22)20-19-14(21)9-11-5-3-2-4-6-11/h2-8,12-13,15H,9-10H2,1H3,(H,19,21)(H,20,22)(H,23,24)/t12-,13-,15-,18+/m1/s1. The maximum atomic E-state index is 12.5. The third kappa shape index (κ3) is 2.68. The zero-order chi connectivity index (χ0) is 17.3. The summed E-state index contributed by atoms with van der Waals surface area (Å²) < 4.78 is 0. The highest BCUT2D eigenvalue weighted by atomic mass is 16.4. The Labute approximate surface area is 139 Å². The molecule has 0 aromatic heterocycles. The first-order valence-electron chi connectivity index (χ1n) is 7.97. The third-order valence-corrected chi connectivity index (χ3v) is 5.24. The van der Waals surface area contributed by atoms with Gasteiger partial charge in [0.2, 0.25) is 11.8 Å². The van der Waals surface area contributed by atoms with E-state index < -0.39 is 23.2 Å². The maximum absolute atomic E-state index is 12.5. The molecule has 0 spiro atoms. The van der Waals surface area contributed by atoms with E-state index in [-0.39, 0.29) is 24.2 Å². The van der Waals surface area contributed by atoms with E-state index in [1.165, 1.54) is 0 Å². The first kappa shape index (κ1) is 16.2. The summed E-state index contributed by atoms with van der Waals surface area (Å²) in [6.07, 6.45) is 4.61. The second-order valence-corrected chi connectivity index (χ2v) is 6.66. The van der Waals surface area contributed by atoms with Gasteiger partial charge in [-0.3, -0.25) is 25.2 Å². The third-order valence-electron chi connectivity index (χ3n) is 5.24. The minimum Gasteiger partial charge on any atom is -0.481 e. The van der Waals surface area contributed by atoms with E-state index in [1.807, 2.05) is 42.5 Å². The van der Waals surface area contributed by atoms with Crippen LogP contribution in [-0.4, -0.2) is 22.9 Å². The van der Waals surface area contributed by atoms with Gasteiger partial charge in [-0.15, -0.1) is 0 Å². The predicted molar refractivity (Wildman–Crippen MR) is 86.4 cm³/mol. The zero-order valence-corrected chi connectivity index (χ0v) is 13.4. The second kappa shape index (κ2) is 6.11. The molecule has 4 atom stereocenters. The van der Waals surface area contributed by atoms with Crippen LogP contribution in [-0.2, 0) is 20.8 Å². The van der Waals surface area contributed by atoms with Gasteiger partial charge in [0.05, 0.1) is 17.8 Å². The van der Waals surface area contributed by atoms with Crippen molar-refractivity contribution < 1.29 is 19.5 Å². The molecule has 1 aromatic carbocycles. The highest BCUT2D eigenvalue weighted by molar-refractivity contribution is 5.90. The molecule has 0 saturated heterocycles. The van der Waals surface area contributed by atoms with Gasteiger partial charge in [0, 0.05) is 0 Å². The number of benzene rings is 1. The first-order valence-corrected chi connectivity index (χ1v) is 7.97. The summed E-state index contributed by atoms with van der Waals surface area (Å²) in [5.74, 6) is -2.68. The molecule has 3 rings (SSSR count). The Morgan fingerprint density at radius 2 is 1.88 bits per heavy atom. The maximum Gasteiger partial charge on any atom is 0.310 e. The van der Waals surface area contributed by atoms with Crippen LogP contribution in [0, 0.1) is 23.2 Å². The minimum atomic E-state index is -1.13. The number of fused-ring (bicyclic) bond motifs is 2. The summed E-state index contributed by atoms with van der Waals surface area (Å²) in [6, 6.07) is 9.17. The highest BCUT2D eigenvalue weighted by Gasteiger charge is 2.60. The molecule has 1 aromatic rings. The lowest BCUT2D eigenvalue weighted by Crippen LogP contribution is -2.52. The number of hydrazine groups is 1. The average Bonchev–Trinajstić information content (AvgIpc) is 3.13. The van der Waals surface area contributed by atoms with Crippen LogP contribution in [0.15, 0.2) is 42.5 Å². The number of hydrogen-bond acceptors (Lipinski definition) is 3. The van der Waals surface area contributed by atoms with Crippen molar-refractivity contribution in [2.24, 2.45) is 23.2 Å². The Morgan fingerprint density at radius 1 is 1.17 bits per heavy atom. The van der Waals surface area contributed by atoms with Gasteiger partial charge in [-0.25, -0.2) is 0 Å². The summed E-state index contributed by atoms with van der Waals surface area (Å²) in [4.78, 5) is 36.1. The molecule has 2 aliphatic rings. The Bertz CT molecular complexity index is 700. The van der Waals surface area contributed by atoms with Crippen molar-refractivity contribution in [1.29, 1.82) is 0 Å². The highest BCUT2D eigenvalue weighted by Crippen LogP contribution is 2.56. The van der Waals surface area contributed by atoms with Crippen LogP contribution < -0.4 is 10.9 Å². The van der Waals surface area contributed by atoms with Gasteiger partial charge in [0.25, 0.3) is 0 Å². The van der Waals surface area contributed by atoms with Crippen molar-refractivity contribution in [2.45, 2.75) is 19.8 Å². The van der Waals surface area contributed by atoms with Gasteiger partial charge in [-0.2, -0.15) is 0 Å². The summed E-state index contributed by atoms with van der Waals surface area (Å²) in [5, 5.41) is 9.58. The van der Waals surface area contributed by atoms with Gasteiger partial charge >= 0.3 is 5.97 Å². The van der Waals surface area contributed by atoms with Crippen LogP contribution in [0.5, 0.6) is 0 Å². The van der Waals surface area contributed by atoms with Crippen molar-refractivity contribution >= 4 is 17.8 Å². The topological polar surface area (TPSA) is 95.5 Å². The van der Waals surface area contributed by atoms with E-state index in [4.69, 9.17) is 0 Å². The molecule has 24 heavy (non-hydrogen) atoms. The SMILES string of the molecule is C[C@]1(C(=O)O)[C@@H]2C=C[C@H](C2)[C@@H]1C(=O)NNC(=O)Cc1ccccc1. The number of carboxylic acid groups (broad SMARTS) is 1. The second-order valence-electron chi connectivity index (χ2n) is 6.66. The molecule has 0 radical (unpaired) electrons. The summed E-state index contributed by atoms with van der Waals surface area (Å²) >= 11 is 0. The number of amides is 2. The Morgan fingerprint density at radius 3 is 2.54 bits per heavy atom. The Kier molecular flexibility index (Phi) is 4.13. The molecule has 0 aliphatic heterocycles. The van der Waals surface area contributed by atoms with E-state index in [2.05, 4.69) is 10.9 Å². The van der Waals surface area contributed by atoms with Crippen LogP contribution in [0.1, 0.15) is 18.9 Å². The van der Waals surface area contributed by atoms with E-state index in [9.17, 15) is 19.5 Å².